The van der Waals surface area contributed by atoms with Crippen LogP contribution in [-0.2, 0) is 4.79 Å². The Balaban J connectivity index is 3.58. The van der Waals surface area contributed by atoms with Crippen LogP contribution in [0.15, 0.2) is 0 Å². The first-order valence-electron chi connectivity index (χ1n) is 4.66. The molecule has 80 valence electrons. The zero-order valence-corrected chi connectivity index (χ0v) is 9.56. The van der Waals surface area contributed by atoms with E-state index in [1.165, 1.54) is 0 Å². The summed E-state index contributed by atoms with van der Waals surface area (Å²) in [6, 6.07) is 0.198. The summed E-state index contributed by atoms with van der Waals surface area (Å²) >= 11 is 1.60. The van der Waals surface area contributed by atoms with Crippen molar-refractivity contribution in [3.8, 4) is 12.3 Å². The van der Waals surface area contributed by atoms with Gasteiger partial charge in [0.15, 0.2) is 0 Å². The van der Waals surface area contributed by atoms with E-state index < -0.39 is 0 Å². The third kappa shape index (κ3) is 6.81. The number of terminal acetylenes is 1. The van der Waals surface area contributed by atoms with Crippen molar-refractivity contribution in [2.75, 3.05) is 12.3 Å². The zero-order valence-electron chi connectivity index (χ0n) is 8.75. The predicted octanol–water partition coefficient (Wildman–Crippen LogP) is 0.595. The number of nitrogens with one attached hydrogen (secondary N) is 1. The van der Waals surface area contributed by atoms with Crippen molar-refractivity contribution in [2.45, 2.75) is 31.6 Å². The molecule has 0 rings (SSSR count). The van der Waals surface area contributed by atoms with E-state index in [0.29, 0.717) is 6.54 Å². The average molecular weight is 214 g/mol. The van der Waals surface area contributed by atoms with Gasteiger partial charge < -0.3 is 11.1 Å². The number of thioether (sulfide) groups is 1. The van der Waals surface area contributed by atoms with Crippen LogP contribution in [0.5, 0.6) is 0 Å². The average Bonchev–Trinajstić information content (AvgIpc) is 2.13. The molecule has 0 heterocycles. The van der Waals surface area contributed by atoms with Crippen LogP contribution in [0.4, 0.5) is 0 Å². The van der Waals surface area contributed by atoms with E-state index in [-0.39, 0.29) is 17.2 Å². The van der Waals surface area contributed by atoms with Gasteiger partial charge in [0, 0.05) is 6.04 Å². The van der Waals surface area contributed by atoms with Gasteiger partial charge in [-0.3, -0.25) is 4.79 Å². The van der Waals surface area contributed by atoms with Crippen LogP contribution >= 0.6 is 11.8 Å². The summed E-state index contributed by atoms with van der Waals surface area (Å²) in [4.78, 5) is 11.3. The summed E-state index contributed by atoms with van der Waals surface area (Å²) < 4.78 is 0. The second kappa shape index (κ2) is 7.72. The molecule has 1 amide bonds. The van der Waals surface area contributed by atoms with Crippen molar-refractivity contribution in [3.05, 3.63) is 0 Å². The second-order valence-electron chi connectivity index (χ2n) is 3.20. The first-order chi connectivity index (χ1) is 6.57. The van der Waals surface area contributed by atoms with Crippen LogP contribution < -0.4 is 11.1 Å². The number of rotatable bonds is 6. The molecule has 4 heteroatoms. The molecule has 2 atom stereocenters. The lowest BCUT2D eigenvalue weighted by Gasteiger charge is -2.11. The number of amides is 1. The van der Waals surface area contributed by atoms with Crippen molar-refractivity contribution < 1.29 is 4.79 Å². The Kier molecular flexibility index (Phi) is 7.35. The van der Waals surface area contributed by atoms with Crippen LogP contribution in [0, 0.1) is 12.3 Å². The molecule has 0 aromatic carbocycles. The lowest BCUT2D eigenvalue weighted by Crippen LogP contribution is -2.31. The molecule has 0 bridgehead atoms. The summed E-state index contributed by atoms with van der Waals surface area (Å²) in [5, 5.41) is 2.59. The lowest BCUT2D eigenvalue weighted by molar-refractivity contribution is -0.120. The first kappa shape index (κ1) is 13.3. The summed E-state index contributed by atoms with van der Waals surface area (Å²) in [5.74, 6) is 3.27. The number of carbonyl (C=O) groups excluding carboxylic acids is 1. The van der Waals surface area contributed by atoms with Crippen LogP contribution in [0.25, 0.3) is 0 Å². The molecular weight excluding hydrogens is 196 g/mol. The third-order valence-corrected chi connectivity index (χ3v) is 2.86. The van der Waals surface area contributed by atoms with Crippen LogP contribution in [-0.4, -0.2) is 29.5 Å². The van der Waals surface area contributed by atoms with Gasteiger partial charge in [0.05, 0.1) is 11.8 Å². The van der Waals surface area contributed by atoms with Gasteiger partial charge in [0.1, 0.15) is 0 Å². The fourth-order valence-corrected chi connectivity index (χ4v) is 1.88. The molecule has 0 spiro atoms. The summed E-state index contributed by atoms with van der Waals surface area (Å²) in [7, 11) is 0. The van der Waals surface area contributed by atoms with Gasteiger partial charge in [-0.1, -0.05) is 5.92 Å². The van der Waals surface area contributed by atoms with Gasteiger partial charge in [0.25, 0.3) is 0 Å². The molecule has 0 saturated heterocycles. The van der Waals surface area contributed by atoms with Crippen molar-refractivity contribution >= 4 is 17.7 Å². The van der Waals surface area contributed by atoms with Crippen molar-refractivity contribution in [1.82, 2.24) is 5.32 Å². The molecular formula is C10H18N2OS. The summed E-state index contributed by atoms with van der Waals surface area (Å²) in [5.41, 5.74) is 5.59. The van der Waals surface area contributed by atoms with Crippen LogP contribution in [0.1, 0.15) is 20.3 Å². The fourth-order valence-electron chi connectivity index (χ4n) is 0.788. The molecule has 0 aliphatic heterocycles. The zero-order chi connectivity index (χ0) is 11.0. The Morgan fingerprint density at radius 3 is 2.79 bits per heavy atom. The Morgan fingerprint density at radius 1 is 1.64 bits per heavy atom. The maximum absolute atomic E-state index is 11.3. The SMILES string of the molecule is C#CCNC(=O)C(C)SCCC(C)N. The smallest absolute Gasteiger partial charge is 0.233 e. The predicted molar refractivity (Wildman–Crippen MR) is 62.0 cm³/mol. The molecule has 3 nitrogen and oxygen atoms in total. The molecule has 0 aliphatic rings. The van der Waals surface area contributed by atoms with Gasteiger partial charge in [-0.05, 0) is 26.0 Å². The minimum absolute atomic E-state index is 0.00220. The van der Waals surface area contributed by atoms with E-state index in [9.17, 15) is 4.79 Å². The van der Waals surface area contributed by atoms with Crippen LogP contribution in [0.3, 0.4) is 0 Å². The molecule has 3 N–H and O–H groups in total. The monoisotopic (exact) mass is 214 g/mol. The maximum Gasteiger partial charge on any atom is 0.233 e. The number of hydrogen-bond donors (Lipinski definition) is 2. The third-order valence-electron chi connectivity index (χ3n) is 1.67. The van der Waals surface area contributed by atoms with Crippen molar-refractivity contribution in [3.63, 3.8) is 0 Å². The van der Waals surface area contributed by atoms with Gasteiger partial charge in [0.2, 0.25) is 5.91 Å². The van der Waals surface area contributed by atoms with Gasteiger partial charge in [-0.15, -0.1) is 18.2 Å². The molecule has 14 heavy (non-hydrogen) atoms. The minimum atomic E-state index is -0.0536. The van der Waals surface area contributed by atoms with E-state index in [1.807, 2.05) is 13.8 Å². The normalized spacial score (nSPS) is 14.1. The van der Waals surface area contributed by atoms with E-state index in [1.54, 1.807) is 11.8 Å². The lowest BCUT2D eigenvalue weighted by atomic mass is 10.3. The Hall–Kier alpha value is -0.660. The van der Waals surface area contributed by atoms with Crippen molar-refractivity contribution in [1.29, 1.82) is 0 Å². The molecule has 2 unspecified atom stereocenters. The molecule has 0 aromatic rings. The Morgan fingerprint density at radius 2 is 2.29 bits per heavy atom. The highest BCUT2D eigenvalue weighted by molar-refractivity contribution is 8.00. The molecule has 0 aromatic heterocycles. The van der Waals surface area contributed by atoms with E-state index >= 15 is 0 Å². The number of nitrogens with two attached hydrogens (primary N) is 1. The van der Waals surface area contributed by atoms with Gasteiger partial charge >= 0.3 is 0 Å². The van der Waals surface area contributed by atoms with Crippen LogP contribution in [0.2, 0.25) is 0 Å². The topological polar surface area (TPSA) is 55.1 Å². The number of carbonyl (C=O) groups is 1. The quantitative estimate of drug-likeness (QED) is 0.636. The van der Waals surface area contributed by atoms with Gasteiger partial charge in [-0.2, -0.15) is 0 Å². The highest BCUT2D eigenvalue weighted by atomic mass is 32.2. The molecule has 0 saturated carbocycles. The highest BCUT2D eigenvalue weighted by Gasteiger charge is 2.11. The Labute approximate surface area is 90.2 Å². The van der Waals surface area contributed by atoms with E-state index in [4.69, 9.17) is 12.2 Å². The summed E-state index contributed by atoms with van der Waals surface area (Å²) in [6.07, 6.45) is 5.96. The number of hydrogen-bond acceptors (Lipinski definition) is 3. The maximum atomic E-state index is 11.3. The summed E-state index contributed by atoms with van der Waals surface area (Å²) in [6.45, 7) is 4.14. The highest BCUT2D eigenvalue weighted by Crippen LogP contribution is 2.12. The molecule has 0 radical (unpaired) electrons. The largest absolute Gasteiger partial charge is 0.344 e. The minimum Gasteiger partial charge on any atom is -0.344 e. The molecule has 0 aliphatic carbocycles. The molecule has 0 fully saturated rings. The van der Waals surface area contributed by atoms with E-state index in [2.05, 4.69) is 11.2 Å². The first-order valence-corrected chi connectivity index (χ1v) is 5.71. The van der Waals surface area contributed by atoms with Crippen molar-refractivity contribution in [2.24, 2.45) is 5.73 Å². The fraction of sp³-hybridized carbons (Fsp3) is 0.700. The Bertz CT molecular complexity index is 211. The van der Waals surface area contributed by atoms with Gasteiger partial charge in [-0.25, -0.2) is 0 Å². The van der Waals surface area contributed by atoms with E-state index in [0.717, 1.165) is 12.2 Å². The second-order valence-corrected chi connectivity index (χ2v) is 4.65. The standard InChI is InChI=1S/C10H18N2OS/c1-4-6-12-10(13)9(3)14-7-5-8(2)11/h1,8-9H,5-7,11H2,2-3H3,(H,12,13).